The Hall–Kier alpha value is -2.59. The highest BCUT2D eigenvalue weighted by Gasteiger charge is 2.17. The van der Waals surface area contributed by atoms with E-state index < -0.39 is 15.7 Å². The van der Waals surface area contributed by atoms with Crippen LogP contribution < -0.4 is 5.32 Å². The van der Waals surface area contributed by atoms with Crippen LogP contribution in [0.4, 0.5) is 10.3 Å². The van der Waals surface area contributed by atoms with Gasteiger partial charge < -0.3 is 0 Å². The predicted octanol–water partition coefficient (Wildman–Crippen LogP) is 3.03. The summed E-state index contributed by atoms with van der Waals surface area (Å²) in [6.07, 6.45) is 1.17. The Balaban J connectivity index is 1.56. The number of hydrogen-bond acceptors (Lipinski definition) is 5. The molecule has 1 amide bonds. The van der Waals surface area contributed by atoms with Crippen molar-refractivity contribution in [2.45, 2.75) is 17.9 Å². The Morgan fingerprint density at radius 2 is 1.96 bits per heavy atom. The zero-order valence-electron chi connectivity index (χ0n) is 14.5. The van der Waals surface area contributed by atoms with Gasteiger partial charge in [-0.2, -0.15) is 0 Å². The normalized spacial score (nSPS) is 11.4. The molecule has 1 aromatic heterocycles. The number of carbonyl (C=O) groups excluding carboxylic acids is 1. The van der Waals surface area contributed by atoms with Crippen LogP contribution in [0.3, 0.4) is 0 Å². The van der Waals surface area contributed by atoms with E-state index in [2.05, 4.69) is 31.3 Å². The molecule has 1 heterocycles. The molecule has 0 bridgehead atoms. The summed E-state index contributed by atoms with van der Waals surface area (Å²) in [4.78, 5) is 16.2. The highest BCUT2D eigenvalue weighted by Crippen LogP contribution is 2.18. The monoisotopic (exact) mass is 466 g/mol. The number of benzene rings is 2. The lowest BCUT2D eigenvalue weighted by molar-refractivity contribution is -0.115. The molecule has 0 unspecified atom stereocenters. The molecule has 3 aromatic rings. The van der Waals surface area contributed by atoms with E-state index in [4.69, 9.17) is 0 Å². The summed E-state index contributed by atoms with van der Waals surface area (Å²) < 4.78 is 39.9. The zero-order valence-corrected chi connectivity index (χ0v) is 17.0. The number of carbonyl (C=O) groups is 1. The molecule has 28 heavy (non-hydrogen) atoms. The smallest absolute Gasteiger partial charge is 0.248 e. The molecule has 0 radical (unpaired) electrons. The maximum absolute atomic E-state index is 13.2. The quantitative estimate of drug-likeness (QED) is 0.577. The summed E-state index contributed by atoms with van der Waals surface area (Å²) in [5.41, 5.74) is 0.697. The van der Waals surface area contributed by atoms with Crippen molar-refractivity contribution in [3.63, 3.8) is 0 Å². The van der Waals surface area contributed by atoms with Gasteiger partial charge in [-0.25, -0.2) is 22.5 Å². The van der Waals surface area contributed by atoms with Gasteiger partial charge in [0.25, 0.3) is 0 Å². The summed E-state index contributed by atoms with van der Waals surface area (Å²) in [5.74, 6) is -1.14. The number of anilines is 1. The second-order valence-electron chi connectivity index (χ2n) is 5.97. The number of aromatic nitrogens is 3. The van der Waals surface area contributed by atoms with Crippen molar-refractivity contribution < 1.29 is 17.6 Å². The highest BCUT2D eigenvalue weighted by atomic mass is 79.9. The lowest BCUT2D eigenvalue weighted by Crippen LogP contribution is -2.18. The molecular weight excluding hydrogens is 451 g/mol. The van der Waals surface area contributed by atoms with Crippen LogP contribution in [0.2, 0.25) is 0 Å². The van der Waals surface area contributed by atoms with E-state index in [1.165, 1.54) is 35.3 Å². The molecule has 0 aliphatic carbocycles. The lowest BCUT2D eigenvalue weighted by Gasteiger charge is -2.05. The second-order valence-corrected chi connectivity index (χ2v) is 8.99. The average molecular weight is 467 g/mol. The maximum Gasteiger partial charge on any atom is 0.248 e. The minimum absolute atomic E-state index is 0.0567. The van der Waals surface area contributed by atoms with E-state index in [-0.39, 0.29) is 35.4 Å². The maximum atomic E-state index is 13.2. The van der Waals surface area contributed by atoms with Gasteiger partial charge in [0.15, 0.2) is 9.84 Å². The highest BCUT2D eigenvalue weighted by molar-refractivity contribution is 9.10. The molecule has 10 heteroatoms. The van der Waals surface area contributed by atoms with Crippen LogP contribution in [0.15, 0.2) is 64.2 Å². The van der Waals surface area contributed by atoms with Crippen LogP contribution in [-0.4, -0.2) is 34.8 Å². The van der Waals surface area contributed by atoms with Crippen molar-refractivity contribution >= 4 is 37.6 Å². The molecular formula is C18H16BrFN4O3S. The summed E-state index contributed by atoms with van der Waals surface area (Å²) in [6, 6.07) is 12.4. The largest absolute Gasteiger partial charge is 0.293 e. The molecule has 0 atom stereocenters. The van der Waals surface area contributed by atoms with Crippen LogP contribution >= 0.6 is 15.9 Å². The lowest BCUT2D eigenvalue weighted by atomic mass is 10.2. The van der Waals surface area contributed by atoms with Crippen molar-refractivity contribution in [2.24, 2.45) is 0 Å². The van der Waals surface area contributed by atoms with Gasteiger partial charge in [-0.05, 0) is 35.9 Å². The van der Waals surface area contributed by atoms with E-state index in [0.717, 1.165) is 0 Å². The van der Waals surface area contributed by atoms with Gasteiger partial charge >= 0.3 is 0 Å². The number of sulfone groups is 1. The van der Waals surface area contributed by atoms with Crippen molar-refractivity contribution in [3.8, 4) is 0 Å². The van der Waals surface area contributed by atoms with Crippen LogP contribution in [-0.2, 0) is 21.2 Å². The first kappa shape index (κ1) is 20.2. The molecule has 0 aliphatic heterocycles. The van der Waals surface area contributed by atoms with Crippen LogP contribution in [0.5, 0.6) is 0 Å². The van der Waals surface area contributed by atoms with Gasteiger partial charge in [0, 0.05) is 10.9 Å². The van der Waals surface area contributed by atoms with Gasteiger partial charge in [-0.3, -0.25) is 10.1 Å². The molecule has 0 spiro atoms. The number of halogens is 2. The Morgan fingerprint density at radius 3 is 2.71 bits per heavy atom. The van der Waals surface area contributed by atoms with Gasteiger partial charge in [0.1, 0.15) is 12.1 Å². The van der Waals surface area contributed by atoms with Crippen LogP contribution in [0, 0.1) is 5.82 Å². The number of nitrogens with zero attached hydrogens (tertiary/aromatic N) is 3. The third kappa shape index (κ3) is 5.46. The van der Waals surface area contributed by atoms with E-state index in [1.54, 1.807) is 24.3 Å². The summed E-state index contributed by atoms with van der Waals surface area (Å²) in [5, 5.41) is 6.55. The SMILES string of the molecule is O=C(CCS(=O)(=O)c1cccc(Br)c1)Nc1ncn(Cc2cccc(F)c2)n1. The van der Waals surface area contributed by atoms with Gasteiger partial charge in [0.2, 0.25) is 11.9 Å². The zero-order chi connectivity index (χ0) is 20.1. The van der Waals surface area contributed by atoms with E-state index >= 15 is 0 Å². The van der Waals surface area contributed by atoms with E-state index in [9.17, 15) is 17.6 Å². The number of rotatable bonds is 7. The number of amides is 1. The fourth-order valence-electron chi connectivity index (χ4n) is 2.44. The number of nitrogens with one attached hydrogen (secondary N) is 1. The molecule has 2 aromatic carbocycles. The van der Waals surface area contributed by atoms with Gasteiger partial charge in [0.05, 0.1) is 17.2 Å². The summed E-state index contributed by atoms with van der Waals surface area (Å²) in [7, 11) is -3.58. The Bertz CT molecular complexity index is 1100. The molecule has 146 valence electrons. The van der Waals surface area contributed by atoms with Gasteiger partial charge in [-0.1, -0.05) is 34.1 Å². The van der Waals surface area contributed by atoms with Crippen LogP contribution in [0.1, 0.15) is 12.0 Å². The second kappa shape index (κ2) is 8.61. The average Bonchev–Trinajstić information content (AvgIpc) is 3.07. The third-order valence-corrected chi connectivity index (χ3v) is 5.98. The fourth-order valence-corrected chi connectivity index (χ4v) is 4.28. The first-order chi connectivity index (χ1) is 13.3. The minimum Gasteiger partial charge on any atom is -0.293 e. The standard InChI is InChI=1S/C18H16BrFN4O3S/c19-14-4-2-6-16(10-14)28(26,27)8-7-17(25)22-18-21-12-24(23-18)11-13-3-1-5-15(20)9-13/h1-6,9-10,12H,7-8,11H2,(H,22,23,25). The summed E-state index contributed by atoms with van der Waals surface area (Å²) >= 11 is 3.23. The van der Waals surface area contributed by atoms with Crippen molar-refractivity contribution in [1.82, 2.24) is 14.8 Å². The topological polar surface area (TPSA) is 94.0 Å². The Morgan fingerprint density at radius 1 is 1.18 bits per heavy atom. The molecule has 3 rings (SSSR count). The van der Waals surface area contributed by atoms with E-state index in [1.807, 2.05) is 0 Å². The van der Waals surface area contributed by atoms with Crippen molar-refractivity contribution in [1.29, 1.82) is 0 Å². The Kier molecular flexibility index (Phi) is 6.20. The van der Waals surface area contributed by atoms with Gasteiger partial charge in [-0.15, -0.1) is 5.10 Å². The minimum atomic E-state index is -3.58. The van der Waals surface area contributed by atoms with Crippen molar-refractivity contribution in [2.75, 3.05) is 11.1 Å². The molecule has 0 aliphatic rings. The first-order valence-electron chi connectivity index (χ1n) is 8.24. The molecule has 0 saturated heterocycles. The Labute approximate surface area is 169 Å². The van der Waals surface area contributed by atoms with E-state index in [0.29, 0.717) is 10.0 Å². The fraction of sp³-hybridized carbons (Fsp3) is 0.167. The molecule has 0 fully saturated rings. The molecule has 1 N–H and O–H groups in total. The molecule has 0 saturated carbocycles. The predicted molar refractivity (Wildman–Crippen MR) is 105 cm³/mol. The first-order valence-corrected chi connectivity index (χ1v) is 10.7. The summed E-state index contributed by atoms with van der Waals surface area (Å²) in [6.45, 7) is 0.290. The number of hydrogen-bond donors (Lipinski definition) is 1. The molecule has 7 nitrogen and oxygen atoms in total. The van der Waals surface area contributed by atoms with Crippen molar-refractivity contribution in [3.05, 3.63) is 70.7 Å². The third-order valence-electron chi connectivity index (χ3n) is 3.77. The van der Waals surface area contributed by atoms with Crippen LogP contribution in [0.25, 0.3) is 0 Å².